The Balaban J connectivity index is 1.72. The molecule has 0 radical (unpaired) electrons. The number of benzene rings is 1. The Morgan fingerprint density at radius 3 is 3.09 bits per heavy atom. The second-order valence-corrected chi connectivity index (χ2v) is 5.71. The molecule has 1 aromatic carbocycles. The molecule has 2 N–H and O–H groups in total. The predicted octanol–water partition coefficient (Wildman–Crippen LogP) is 2.24. The molecule has 3 aromatic rings. The SMILES string of the molecule is Cc1oc2nc[nH]c(=O)c2c1C(=O)NC1CCc2ccccc21. The van der Waals surface area contributed by atoms with Crippen molar-refractivity contribution < 1.29 is 9.21 Å². The van der Waals surface area contributed by atoms with Gasteiger partial charge in [-0.2, -0.15) is 0 Å². The van der Waals surface area contributed by atoms with Crippen LogP contribution in [0, 0.1) is 6.92 Å². The zero-order valence-corrected chi connectivity index (χ0v) is 12.6. The molecule has 0 saturated carbocycles. The largest absolute Gasteiger partial charge is 0.442 e. The number of aromatic nitrogens is 2. The second-order valence-electron chi connectivity index (χ2n) is 5.71. The van der Waals surface area contributed by atoms with E-state index in [1.54, 1.807) is 6.92 Å². The molecule has 1 unspecified atom stereocenters. The maximum atomic E-state index is 12.7. The first kappa shape index (κ1) is 13.8. The molecule has 6 nitrogen and oxygen atoms in total. The smallest absolute Gasteiger partial charge is 0.262 e. The van der Waals surface area contributed by atoms with Gasteiger partial charge in [-0.1, -0.05) is 24.3 Å². The lowest BCUT2D eigenvalue weighted by atomic mass is 10.1. The van der Waals surface area contributed by atoms with Crippen molar-refractivity contribution in [3.8, 4) is 0 Å². The number of H-pyrrole nitrogens is 1. The van der Waals surface area contributed by atoms with Crippen molar-refractivity contribution in [3.05, 3.63) is 63.4 Å². The van der Waals surface area contributed by atoms with Crippen molar-refractivity contribution in [3.63, 3.8) is 0 Å². The quantitative estimate of drug-likeness (QED) is 0.760. The van der Waals surface area contributed by atoms with Crippen LogP contribution in [0.25, 0.3) is 11.1 Å². The molecule has 2 aromatic heterocycles. The summed E-state index contributed by atoms with van der Waals surface area (Å²) >= 11 is 0. The van der Waals surface area contributed by atoms with Crippen LogP contribution in [0.3, 0.4) is 0 Å². The van der Waals surface area contributed by atoms with E-state index in [0.717, 1.165) is 18.4 Å². The topological polar surface area (TPSA) is 88.0 Å². The van der Waals surface area contributed by atoms with Gasteiger partial charge in [0.1, 0.15) is 11.1 Å². The van der Waals surface area contributed by atoms with Crippen molar-refractivity contribution in [2.45, 2.75) is 25.8 Å². The molecule has 1 aliphatic rings. The summed E-state index contributed by atoms with van der Waals surface area (Å²) in [5.41, 5.74) is 2.47. The highest BCUT2D eigenvalue weighted by Crippen LogP contribution is 2.31. The molecule has 116 valence electrons. The van der Waals surface area contributed by atoms with Gasteiger partial charge in [-0.15, -0.1) is 0 Å². The highest BCUT2D eigenvalue weighted by Gasteiger charge is 2.27. The van der Waals surface area contributed by atoms with Crippen molar-refractivity contribution in [2.75, 3.05) is 0 Å². The molecule has 0 spiro atoms. The number of furan rings is 1. The van der Waals surface area contributed by atoms with E-state index in [4.69, 9.17) is 4.42 Å². The molecule has 1 aliphatic carbocycles. The molecule has 23 heavy (non-hydrogen) atoms. The fourth-order valence-electron chi connectivity index (χ4n) is 3.26. The average molecular weight is 309 g/mol. The van der Waals surface area contributed by atoms with E-state index in [2.05, 4.69) is 21.4 Å². The highest BCUT2D eigenvalue weighted by atomic mass is 16.3. The normalized spacial score (nSPS) is 16.5. The van der Waals surface area contributed by atoms with E-state index < -0.39 is 0 Å². The minimum absolute atomic E-state index is 0.0428. The lowest BCUT2D eigenvalue weighted by Gasteiger charge is -2.13. The lowest BCUT2D eigenvalue weighted by molar-refractivity contribution is 0.0936. The van der Waals surface area contributed by atoms with Gasteiger partial charge in [-0.05, 0) is 30.9 Å². The monoisotopic (exact) mass is 309 g/mol. The molecule has 4 rings (SSSR count). The van der Waals surface area contributed by atoms with E-state index >= 15 is 0 Å². The van der Waals surface area contributed by atoms with Crippen LogP contribution in [0.15, 0.2) is 39.8 Å². The minimum Gasteiger partial charge on any atom is -0.442 e. The Bertz CT molecular complexity index is 971. The molecule has 0 saturated heterocycles. The average Bonchev–Trinajstić information content (AvgIpc) is 3.09. The first-order valence-corrected chi connectivity index (χ1v) is 7.50. The van der Waals surface area contributed by atoms with Crippen LogP contribution in [0.1, 0.15) is 39.7 Å². The van der Waals surface area contributed by atoms with E-state index in [0.29, 0.717) is 5.76 Å². The summed E-state index contributed by atoms with van der Waals surface area (Å²) in [6.07, 6.45) is 3.06. The number of carbonyl (C=O) groups excluding carboxylic acids is 1. The number of hydrogen-bond acceptors (Lipinski definition) is 4. The molecule has 1 amide bonds. The number of fused-ring (bicyclic) bond motifs is 2. The predicted molar refractivity (Wildman–Crippen MR) is 84.3 cm³/mol. The summed E-state index contributed by atoms with van der Waals surface area (Å²) in [4.78, 5) is 31.2. The maximum absolute atomic E-state index is 12.7. The van der Waals surface area contributed by atoms with Crippen LogP contribution in [-0.4, -0.2) is 15.9 Å². The van der Waals surface area contributed by atoms with Gasteiger partial charge in [0.15, 0.2) is 0 Å². The number of aryl methyl sites for hydroxylation is 2. The van der Waals surface area contributed by atoms with Crippen LogP contribution < -0.4 is 10.9 Å². The standard InChI is InChI=1S/C17H15N3O3/c1-9-13(14-15(21)18-8-19-17(14)23-9)16(22)20-12-7-6-10-4-2-3-5-11(10)12/h2-5,8,12H,6-7H2,1H3,(H,20,22)(H,18,19,21). The van der Waals surface area contributed by atoms with Crippen molar-refractivity contribution in [2.24, 2.45) is 0 Å². The van der Waals surface area contributed by atoms with Gasteiger partial charge in [-0.3, -0.25) is 9.59 Å². The summed E-state index contributed by atoms with van der Waals surface area (Å²) in [6.45, 7) is 1.67. The first-order valence-electron chi connectivity index (χ1n) is 7.50. The van der Waals surface area contributed by atoms with E-state index in [1.165, 1.54) is 11.9 Å². The number of aromatic amines is 1. The zero-order chi connectivity index (χ0) is 16.0. The molecule has 0 bridgehead atoms. The molecule has 0 aliphatic heterocycles. The van der Waals surface area contributed by atoms with Crippen LogP contribution in [0.2, 0.25) is 0 Å². The van der Waals surface area contributed by atoms with E-state index in [9.17, 15) is 9.59 Å². The Hall–Kier alpha value is -2.89. The Kier molecular flexibility index (Phi) is 3.04. The molecular formula is C17H15N3O3. The van der Waals surface area contributed by atoms with E-state index in [1.807, 2.05) is 18.2 Å². The van der Waals surface area contributed by atoms with Crippen LogP contribution in [0.5, 0.6) is 0 Å². The fourth-order valence-corrected chi connectivity index (χ4v) is 3.26. The van der Waals surface area contributed by atoms with Crippen LogP contribution in [0.4, 0.5) is 0 Å². The van der Waals surface area contributed by atoms with Gasteiger partial charge in [0.2, 0.25) is 5.71 Å². The van der Waals surface area contributed by atoms with E-state index in [-0.39, 0.29) is 34.2 Å². The fraction of sp³-hybridized carbons (Fsp3) is 0.235. The summed E-state index contributed by atoms with van der Waals surface area (Å²) < 4.78 is 5.44. The molecule has 1 atom stereocenters. The zero-order valence-electron chi connectivity index (χ0n) is 12.6. The molecule has 2 heterocycles. The van der Waals surface area contributed by atoms with Crippen molar-refractivity contribution in [1.82, 2.24) is 15.3 Å². The number of rotatable bonds is 2. The Labute approximate surface area is 131 Å². The van der Waals surface area contributed by atoms with Crippen molar-refractivity contribution in [1.29, 1.82) is 0 Å². The number of nitrogens with zero attached hydrogens (tertiary/aromatic N) is 1. The van der Waals surface area contributed by atoms with Gasteiger partial charge in [0.25, 0.3) is 11.5 Å². The minimum atomic E-state index is -0.371. The van der Waals surface area contributed by atoms with Gasteiger partial charge in [-0.25, -0.2) is 4.98 Å². The third kappa shape index (κ3) is 2.14. The van der Waals surface area contributed by atoms with Gasteiger partial charge < -0.3 is 14.7 Å². The third-order valence-electron chi connectivity index (χ3n) is 4.34. The van der Waals surface area contributed by atoms with Crippen LogP contribution >= 0.6 is 0 Å². The third-order valence-corrected chi connectivity index (χ3v) is 4.34. The summed E-state index contributed by atoms with van der Waals surface area (Å²) in [5.74, 6) is 0.0921. The number of nitrogens with one attached hydrogen (secondary N) is 2. The molecular weight excluding hydrogens is 294 g/mol. The lowest BCUT2D eigenvalue weighted by Crippen LogP contribution is -2.28. The Morgan fingerprint density at radius 2 is 2.22 bits per heavy atom. The second kappa shape index (κ2) is 5.08. The first-order chi connectivity index (χ1) is 11.1. The van der Waals surface area contributed by atoms with Gasteiger partial charge in [0, 0.05) is 0 Å². The number of amides is 1. The molecule has 6 heteroatoms. The Morgan fingerprint density at radius 1 is 1.39 bits per heavy atom. The van der Waals surface area contributed by atoms with Crippen LogP contribution in [-0.2, 0) is 6.42 Å². The summed E-state index contributed by atoms with van der Waals surface area (Å²) in [6, 6.07) is 8.04. The van der Waals surface area contributed by atoms with Crippen molar-refractivity contribution >= 4 is 17.0 Å². The maximum Gasteiger partial charge on any atom is 0.262 e. The molecule has 0 fully saturated rings. The van der Waals surface area contributed by atoms with Gasteiger partial charge >= 0.3 is 0 Å². The summed E-state index contributed by atoms with van der Waals surface area (Å²) in [7, 11) is 0. The highest BCUT2D eigenvalue weighted by molar-refractivity contribution is 6.06. The summed E-state index contributed by atoms with van der Waals surface area (Å²) in [5, 5.41) is 3.22. The number of carbonyl (C=O) groups is 1. The van der Waals surface area contributed by atoms with Gasteiger partial charge in [0.05, 0.1) is 17.9 Å². The number of hydrogen-bond donors (Lipinski definition) is 2.